The SMILES string of the molecule is CC1=C2\CCCC\C2=N/C(C)=C/C=C=C\C=C\1. The number of allylic oxidation sites excluding steroid dienone is 7. The van der Waals surface area contributed by atoms with Gasteiger partial charge in [-0.3, -0.25) is 4.99 Å². The molecule has 2 aliphatic rings. The summed E-state index contributed by atoms with van der Waals surface area (Å²) in [5, 5.41) is 0. The fraction of sp³-hybridized carbons (Fsp3) is 0.375. The van der Waals surface area contributed by atoms with Crippen LogP contribution in [0.15, 0.2) is 57.9 Å². The van der Waals surface area contributed by atoms with Gasteiger partial charge in [0.05, 0.1) is 0 Å². The standard InChI is InChI=1S/C16H19N/c1-13-9-5-3-4-6-10-14(2)17-16-12-8-7-11-15(13)16/h3,5-6,9-10H,7-8,11-12H2,1-2H3/b9-5+,14-10+,15-13-,17-16+. The van der Waals surface area contributed by atoms with Crippen molar-refractivity contribution in [2.45, 2.75) is 39.5 Å². The van der Waals surface area contributed by atoms with Crippen LogP contribution in [0.5, 0.6) is 0 Å². The third kappa shape index (κ3) is 3.18. The van der Waals surface area contributed by atoms with Crippen LogP contribution in [0.25, 0.3) is 0 Å². The van der Waals surface area contributed by atoms with E-state index in [0.717, 1.165) is 12.1 Å². The van der Waals surface area contributed by atoms with Crippen LogP contribution in [0.1, 0.15) is 39.5 Å². The molecule has 1 fully saturated rings. The van der Waals surface area contributed by atoms with Gasteiger partial charge in [0.15, 0.2) is 0 Å². The quantitative estimate of drug-likeness (QED) is 0.538. The van der Waals surface area contributed by atoms with E-state index in [9.17, 15) is 0 Å². The van der Waals surface area contributed by atoms with Gasteiger partial charge in [0.2, 0.25) is 0 Å². The summed E-state index contributed by atoms with van der Waals surface area (Å²) in [6.07, 6.45) is 14.9. The highest BCUT2D eigenvalue weighted by Crippen LogP contribution is 2.25. The summed E-state index contributed by atoms with van der Waals surface area (Å²) < 4.78 is 0. The van der Waals surface area contributed by atoms with Crippen molar-refractivity contribution in [3.8, 4) is 0 Å². The van der Waals surface area contributed by atoms with E-state index in [1.807, 2.05) is 18.2 Å². The highest BCUT2D eigenvalue weighted by Gasteiger charge is 2.14. The zero-order valence-electron chi connectivity index (χ0n) is 10.7. The Morgan fingerprint density at radius 2 is 1.94 bits per heavy atom. The average molecular weight is 225 g/mol. The van der Waals surface area contributed by atoms with Gasteiger partial charge in [-0.25, -0.2) is 0 Å². The Labute approximate surface area is 104 Å². The van der Waals surface area contributed by atoms with Crippen LogP contribution in [-0.2, 0) is 0 Å². The molecule has 0 spiro atoms. The van der Waals surface area contributed by atoms with Crippen molar-refractivity contribution in [2.75, 3.05) is 0 Å². The molecule has 0 aromatic rings. The number of nitrogens with zero attached hydrogens (tertiary/aromatic N) is 1. The first-order chi connectivity index (χ1) is 8.27. The number of rotatable bonds is 0. The molecular formula is C16H19N. The zero-order valence-corrected chi connectivity index (χ0v) is 10.7. The molecule has 0 aromatic heterocycles. The van der Waals surface area contributed by atoms with E-state index in [4.69, 9.17) is 4.99 Å². The van der Waals surface area contributed by atoms with Gasteiger partial charge in [0.25, 0.3) is 0 Å². The first-order valence-corrected chi connectivity index (χ1v) is 6.31. The molecular weight excluding hydrogens is 206 g/mol. The Balaban J connectivity index is 2.49. The smallest absolute Gasteiger partial charge is 0.0441 e. The molecule has 1 heterocycles. The summed E-state index contributed by atoms with van der Waals surface area (Å²) in [5.74, 6) is 0. The second-order valence-corrected chi connectivity index (χ2v) is 4.59. The van der Waals surface area contributed by atoms with Crippen molar-refractivity contribution in [3.05, 3.63) is 53.0 Å². The van der Waals surface area contributed by atoms with E-state index in [1.165, 1.54) is 36.1 Å². The third-order valence-corrected chi connectivity index (χ3v) is 3.19. The van der Waals surface area contributed by atoms with Crippen molar-refractivity contribution in [3.63, 3.8) is 0 Å². The maximum absolute atomic E-state index is 4.75. The van der Waals surface area contributed by atoms with Crippen LogP contribution in [-0.4, -0.2) is 5.71 Å². The molecule has 0 atom stereocenters. The Kier molecular flexibility index (Phi) is 3.95. The molecule has 1 nitrogen and oxygen atoms in total. The molecule has 0 aromatic carbocycles. The lowest BCUT2D eigenvalue weighted by Gasteiger charge is -2.19. The van der Waals surface area contributed by atoms with E-state index in [0.29, 0.717) is 0 Å². The van der Waals surface area contributed by atoms with Gasteiger partial charge >= 0.3 is 0 Å². The lowest BCUT2D eigenvalue weighted by atomic mass is 9.89. The molecule has 1 aliphatic heterocycles. The van der Waals surface area contributed by atoms with Crippen LogP contribution in [0.3, 0.4) is 0 Å². The topological polar surface area (TPSA) is 12.4 Å². The van der Waals surface area contributed by atoms with Gasteiger partial charge in [-0.1, -0.05) is 12.2 Å². The summed E-state index contributed by atoms with van der Waals surface area (Å²) in [5.41, 5.74) is 8.24. The Hall–Kier alpha value is -1.59. The second kappa shape index (κ2) is 5.65. The number of hydrogen-bond donors (Lipinski definition) is 0. The molecule has 0 unspecified atom stereocenters. The largest absolute Gasteiger partial charge is 0.258 e. The van der Waals surface area contributed by atoms with E-state index in [-0.39, 0.29) is 0 Å². The molecule has 17 heavy (non-hydrogen) atoms. The molecule has 0 saturated heterocycles. The van der Waals surface area contributed by atoms with Crippen molar-refractivity contribution in [2.24, 2.45) is 4.99 Å². The zero-order chi connectivity index (χ0) is 12.1. The highest BCUT2D eigenvalue weighted by atomic mass is 14.8. The Bertz CT molecular complexity index is 478. The van der Waals surface area contributed by atoms with Gasteiger partial charge in [-0.15, -0.1) is 5.73 Å². The van der Waals surface area contributed by atoms with Crippen molar-refractivity contribution in [1.82, 2.24) is 0 Å². The fourth-order valence-corrected chi connectivity index (χ4v) is 2.26. The van der Waals surface area contributed by atoms with Crippen molar-refractivity contribution < 1.29 is 0 Å². The first kappa shape index (κ1) is 11.9. The predicted octanol–water partition coefficient (Wildman–Crippen LogP) is 4.50. The lowest BCUT2D eigenvalue weighted by molar-refractivity contribution is 0.728. The molecule has 1 heteroatoms. The van der Waals surface area contributed by atoms with E-state index < -0.39 is 0 Å². The van der Waals surface area contributed by atoms with Gasteiger partial charge in [0, 0.05) is 11.4 Å². The maximum atomic E-state index is 4.75. The summed E-state index contributed by atoms with van der Waals surface area (Å²) >= 11 is 0. The summed E-state index contributed by atoms with van der Waals surface area (Å²) in [6.45, 7) is 4.24. The number of hydrogen-bond acceptors (Lipinski definition) is 1. The minimum atomic E-state index is 1.06. The van der Waals surface area contributed by atoms with Crippen LogP contribution in [0, 0.1) is 0 Å². The fourth-order valence-electron chi connectivity index (χ4n) is 2.26. The molecule has 0 amide bonds. The third-order valence-electron chi connectivity index (χ3n) is 3.19. The number of fused-ring (bicyclic) bond motifs is 1. The molecule has 1 aliphatic carbocycles. The van der Waals surface area contributed by atoms with Crippen LogP contribution in [0.2, 0.25) is 0 Å². The van der Waals surface area contributed by atoms with Gasteiger partial charge in [0.1, 0.15) is 0 Å². The predicted molar refractivity (Wildman–Crippen MR) is 74.2 cm³/mol. The summed E-state index contributed by atoms with van der Waals surface area (Å²) in [7, 11) is 0. The Morgan fingerprint density at radius 3 is 2.82 bits per heavy atom. The monoisotopic (exact) mass is 225 g/mol. The highest BCUT2D eigenvalue weighted by molar-refractivity contribution is 6.02. The summed E-state index contributed by atoms with van der Waals surface area (Å²) in [6, 6.07) is 0. The molecule has 2 rings (SSSR count). The number of aliphatic imine (C=N–C) groups is 1. The maximum Gasteiger partial charge on any atom is 0.0441 e. The first-order valence-electron chi connectivity index (χ1n) is 6.31. The van der Waals surface area contributed by atoms with Gasteiger partial charge in [-0.2, -0.15) is 0 Å². The molecule has 0 N–H and O–H groups in total. The average Bonchev–Trinajstić information content (AvgIpc) is 2.36. The van der Waals surface area contributed by atoms with Crippen LogP contribution < -0.4 is 0 Å². The van der Waals surface area contributed by atoms with Crippen molar-refractivity contribution >= 4 is 5.71 Å². The molecule has 88 valence electrons. The van der Waals surface area contributed by atoms with E-state index in [1.54, 1.807) is 0 Å². The van der Waals surface area contributed by atoms with E-state index in [2.05, 4.69) is 31.7 Å². The minimum Gasteiger partial charge on any atom is -0.258 e. The minimum absolute atomic E-state index is 1.06. The normalized spacial score (nSPS) is 32.8. The van der Waals surface area contributed by atoms with E-state index >= 15 is 0 Å². The summed E-state index contributed by atoms with van der Waals surface area (Å²) in [4.78, 5) is 4.75. The van der Waals surface area contributed by atoms with Crippen LogP contribution >= 0.6 is 0 Å². The molecule has 0 bridgehead atoms. The molecule has 0 radical (unpaired) electrons. The second-order valence-electron chi connectivity index (χ2n) is 4.59. The molecule has 1 saturated carbocycles. The van der Waals surface area contributed by atoms with Gasteiger partial charge in [-0.05, 0) is 68.9 Å². The van der Waals surface area contributed by atoms with Crippen LogP contribution in [0.4, 0.5) is 0 Å². The lowest BCUT2D eigenvalue weighted by Crippen LogP contribution is -2.11. The Morgan fingerprint density at radius 1 is 1.12 bits per heavy atom. The van der Waals surface area contributed by atoms with Gasteiger partial charge < -0.3 is 0 Å². The van der Waals surface area contributed by atoms with Crippen molar-refractivity contribution in [1.29, 1.82) is 0 Å².